The molecule has 1 aliphatic rings. The van der Waals surface area contributed by atoms with Crippen LogP contribution in [0.1, 0.15) is 33.6 Å². The minimum atomic E-state index is -0.752. The molecule has 0 unspecified atom stereocenters. The zero-order valence-corrected chi connectivity index (χ0v) is 17.2. The van der Waals surface area contributed by atoms with Gasteiger partial charge >= 0.3 is 12.1 Å². The second-order valence-electron chi connectivity index (χ2n) is 7.34. The Morgan fingerprint density at radius 1 is 1.29 bits per heavy atom. The number of methoxy groups -OCH3 is 1. The van der Waals surface area contributed by atoms with Crippen molar-refractivity contribution in [3.8, 4) is 5.75 Å². The van der Waals surface area contributed by atoms with Crippen LogP contribution in [0.5, 0.6) is 5.75 Å². The van der Waals surface area contributed by atoms with Gasteiger partial charge in [-0.25, -0.2) is 9.59 Å². The molecular weight excluding hydrogens is 388 g/mol. The van der Waals surface area contributed by atoms with Gasteiger partial charge in [0.05, 0.1) is 12.1 Å². The first-order chi connectivity index (χ1) is 13.1. The van der Waals surface area contributed by atoms with Crippen LogP contribution in [0.3, 0.4) is 0 Å². The minimum Gasteiger partial charge on any atom is -0.495 e. The molecule has 1 fully saturated rings. The van der Waals surface area contributed by atoms with Crippen LogP contribution in [0.25, 0.3) is 0 Å². The molecular formula is C19H25ClN2O6. The summed E-state index contributed by atoms with van der Waals surface area (Å²) in [5.74, 6) is -0.669. The summed E-state index contributed by atoms with van der Waals surface area (Å²) in [5.41, 5.74) is -0.212. The molecule has 1 saturated heterocycles. The van der Waals surface area contributed by atoms with Crippen molar-refractivity contribution in [1.29, 1.82) is 0 Å². The summed E-state index contributed by atoms with van der Waals surface area (Å²) in [6.07, 6.45) is 0.563. The first kappa shape index (κ1) is 21.8. The number of hydrogen-bond acceptors (Lipinski definition) is 6. The number of likely N-dealkylation sites (tertiary alicyclic amines) is 1. The van der Waals surface area contributed by atoms with Gasteiger partial charge in [0.15, 0.2) is 6.61 Å². The van der Waals surface area contributed by atoms with Gasteiger partial charge < -0.3 is 19.5 Å². The Balaban J connectivity index is 1.87. The van der Waals surface area contributed by atoms with Gasteiger partial charge in [-0.2, -0.15) is 0 Å². The summed E-state index contributed by atoms with van der Waals surface area (Å²) in [6.45, 7) is 5.20. The van der Waals surface area contributed by atoms with Crippen LogP contribution in [-0.4, -0.2) is 54.8 Å². The van der Waals surface area contributed by atoms with E-state index in [0.717, 1.165) is 0 Å². The van der Waals surface area contributed by atoms with Gasteiger partial charge in [0.1, 0.15) is 17.4 Å². The summed E-state index contributed by atoms with van der Waals surface area (Å²) in [6, 6.07) is 4.01. The fourth-order valence-corrected chi connectivity index (χ4v) is 2.98. The lowest BCUT2D eigenvalue weighted by molar-refractivity contribution is -0.151. The smallest absolute Gasteiger partial charge is 0.411 e. The number of halogens is 1. The Bertz CT molecular complexity index is 746. The molecule has 1 heterocycles. The standard InChI is InChI=1S/C19H25ClN2O6/c1-19(2,3)28-18(25)22-9-5-6-14(22)17(24)27-11-16(23)21-12-7-8-15(26-4)13(20)10-12/h7-8,10,14H,5-6,9,11H2,1-4H3,(H,21,23)/t14-/m1/s1. The largest absolute Gasteiger partial charge is 0.495 e. The van der Waals surface area contributed by atoms with Crippen molar-refractivity contribution < 1.29 is 28.6 Å². The molecule has 154 valence electrons. The highest BCUT2D eigenvalue weighted by Gasteiger charge is 2.37. The zero-order valence-electron chi connectivity index (χ0n) is 16.4. The monoisotopic (exact) mass is 412 g/mol. The molecule has 1 N–H and O–H groups in total. The van der Waals surface area contributed by atoms with Crippen molar-refractivity contribution in [2.24, 2.45) is 0 Å². The molecule has 1 aliphatic heterocycles. The Hall–Kier alpha value is -2.48. The summed E-state index contributed by atoms with van der Waals surface area (Å²) in [7, 11) is 1.49. The lowest BCUT2D eigenvalue weighted by atomic mass is 10.2. The molecule has 2 rings (SSSR count). The van der Waals surface area contributed by atoms with Gasteiger partial charge in [0, 0.05) is 12.2 Å². The summed E-state index contributed by atoms with van der Waals surface area (Å²) >= 11 is 6.01. The molecule has 0 spiro atoms. The summed E-state index contributed by atoms with van der Waals surface area (Å²) in [4.78, 5) is 37.9. The predicted octanol–water partition coefficient (Wildman–Crippen LogP) is 3.23. The highest BCUT2D eigenvalue weighted by Crippen LogP contribution is 2.27. The number of hydrogen-bond donors (Lipinski definition) is 1. The second kappa shape index (κ2) is 9.14. The lowest BCUT2D eigenvalue weighted by Crippen LogP contribution is -2.44. The number of rotatable bonds is 5. The van der Waals surface area contributed by atoms with Crippen LogP contribution in [0, 0.1) is 0 Å². The minimum absolute atomic E-state index is 0.344. The van der Waals surface area contributed by atoms with E-state index in [1.54, 1.807) is 32.9 Å². The maximum absolute atomic E-state index is 12.3. The van der Waals surface area contributed by atoms with Crippen LogP contribution in [-0.2, 0) is 19.1 Å². The number of ether oxygens (including phenoxy) is 3. The Labute approximate surface area is 169 Å². The quantitative estimate of drug-likeness (QED) is 0.746. The number of amides is 2. The van der Waals surface area contributed by atoms with Crippen LogP contribution in [0.4, 0.5) is 10.5 Å². The van der Waals surface area contributed by atoms with E-state index in [1.165, 1.54) is 18.1 Å². The van der Waals surface area contributed by atoms with Crippen LogP contribution in [0.2, 0.25) is 5.02 Å². The normalized spacial score (nSPS) is 16.5. The van der Waals surface area contributed by atoms with Gasteiger partial charge in [0.2, 0.25) is 0 Å². The lowest BCUT2D eigenvalue weighted by Gasteiger charge is -2.27. The van der Waals surface area contributed by atoms with Crippen molar-refractivity contribution in [2.45, 2.75) is 45.3 Å². The Morgan fingerprint density at radius 2 is 2.00 bits per heavy atom. The molecule has 0 bridgehead atoms. The van der Waals surface area contributed by atoms with E-state index < -0.39 is 36.2 Å². The van der Waals surface area contributed by atoms with E-state index in [9.17, 15) is 14.4 Å². The van der Waals surface area contributed by atoms with Crippen LogP contribution < -0.4 is 10.1 Å². The topological polar surface area (TPSA) is 94.2 Å². The highest BCUT2D eigenvalue weighted by atomic mass is 35.5. The van der Waals surface area contributed by atoms with E-state index in [4.69, 9.17) is 25.8 Å². The predicted molar refractivity (Wildman–Crippen MR) is 104 cm³/mol. The molecule has 0 aliphatic carbocycles. The van der Waals surface area contributed by atoms with E-state index in [-0.39, 0.29) is 0 Å². The number of anilines is 1. The third kappa shape index (κ3) is 6.02. The Morgan fingerprint density at radius 3 is 2.61 bits per heavy atom. The van der Waals surface area contributed by atoms with Crippen molar-refractivity contribution >= 4 is 35.3 Å². The third-order valence-electron chi connectivity index (χ3n) is 3.93. The molecule has 2 amide bonds. The third-order valence-corrected chi connectivity index (χ3v) is 4.23. The number of nitrogens with one attached hydrogen (secondary N) is 1. The van der Waals surface area contributed by atoms with Crippen LogP contribution in [0.15, 0.2) is 18.2 Å². The number of nitrogens with zero attached hydrogens (tertiary/aromatic N) is 1. The van der Waals surface area contributed by atoms with Crippen molar-refractivity contribution in [2.75, 3.05) is 25.6 Å². The number of esters is 1. The fourth-order valence-electron chi connectivity index (χ4n) is 2.72. The summed E-state index contributed by atoms with van der Waals surface area (Å²) < 4.78 is 15.4. The number of carbonyl (C=O) groups is 3. The molecule has 28 heavy (non-hydrogen) atoms. The van der Waals surface area contributed by atoms with Crippen molar-refractivity contribution in [3.05, 3.63) is 23.2 Å². The van der Waals surface area contributed by atoms with E-state index in [2.05, 4.69) is 5.32 Å². The number of carbonyl (C=O) groups excluding carboxylic acids is 3. The first-order valence-corrected chi connectivity index (χ1v) is 9.28. The van der Waals surface area contributed by atoms with E-state index in [1.807, 2.05) is 0 Å². The number of benzene rings is 1. The average Bonchev–Trinajstić information content (AvgIpc) is 3.08. The molecule has 0 saturated carbocycles. The van der Waals surface area contributed by atoms with Crippen molar-refractivity contribution in [1.82, 2.24) is 4.90 Å². The van der Waals surface area contributed by atoms with Crippen LogP contribution >= 0.6 is 11.6 Å². The molecule has 1 atom stereocenters. The van der Waals surface area contributed by atoms with Gasteiger partial charge in [-0.3, -0.25) is 9.69 Å². The second-order valence-corrected chi connectivity index (χ2v) is 7.74. The zero-order chi connectivity index (χ0) is 20.9. The van der Waals surface area contributed by atoms with Gasteiger partial charge in [-0.15, -0.1) is 0 Å². The SMILES string of the molecule is COc1ccc(NC(=O)COC(=O)[C@H]2CCCN2C(=O)OC(C)(C)C)cc1Cl. The van der Waals surface area contributed by atoms with Gasteiger partial charge in [-0.1, -0.05) is 11.6 Å². The van der Waals surface area contributed by atoms with E-state index >= 15 is 0 Å². The molecule has 0 radical (unpaired) electrons. The Kier molecular flexibility index (Phi) is 7.12. The maximum Gasteiger partial charge on any atom is 0.411 e. The summed E-state index contributed by atoms with van der Waals surface area (Å²) in [5, 5.41) is 2.93. The van der Waals surface area contributed by atoms with Gasteiger partial charge in [0.25, 0.3) is 5.91 Å². The molecule has 1 aromatic carbocycles. The van der Waals surface area contributed by atoms with Gasteiger partial charge in [-0.05, 0) is 51.8 Å². The molecule has 0 aromatic heterocycles. The fraction of sp³-hybridized carbons (Fsp3) is 0.526. The maximum atomic E-state index is 12.3. The van der Waals surface area contributed by atoms with Crippen molar-refractivity contribution in [3.63, 3.8) is 0 Å². The molecule has 9 heteroatoms. The molecule has 8 nitrogen and oxygen atoms in total. The van der Waals surface area contributed by atoms with E-state index in [0.29, 0.717) is 35.8 Å². The highest BCUT2D eigenvalue weighted by molar-refractivity contribution is 6.32. The first-order valence-electron chi connectivity index (χ1n) is 8.90. The molecule has 1 aromatic rings. The average molecular weight is 413 g/mol.